The van der Waals surface area contributed by atoms with Gasteiger partial charge in [-0.15, -0.1) is 0 Å². The predicted octanol–water partition coefficient (Wildman–Crippen LogP) is 4.27. The Hall–Kier alpha value is -1.85. The fraction of sp³-hybridized carbons (Fsp3) is 0.125. The van der Waals surface area contributed by atoms with E-state index in [1.165, 1.54) is 0 Å². The van der Waals surface area contributed by atoms with E-state index in [2.05, 4.69) is 26.5 Å². The summed E-state index contributed by atoms with van der Waals surface area (Å²) in [5, 5.41) is 4.76. The number of hydrogen-bond donors (Lipinski definition) is 1. The maximum atomic E-state index is 12.1. The Labute approximate surface area is 142 Å². The molecule has 114 valence electrons. The predicted molar refractivity (Wildman–Crippen MR) is 91.8 cm³/mol. The largest absolute Gasteiger partial charge is 0.496 e. The van der Waals surface area contributed by atoms with E-state index in [1.54, 1.807) is 37.4 Å². The van der Waals surface area contributed by atoms with Gasteiger partial charge in [0.05, 0.1) is 17.3 Å². The number of methoxy groups -OCH3 is 1. The summed E-state index contributed by atoms with van der Waals surface area (Å²) in [5.74, 6) is 0.370. The van der Waals surface area contributed by atoms with Gasteiger partial charge >= 0.3 is 0 Å². The normalized spacial score (nSPS) is 11.2. The molecule has 0 fully saturated rings. The molecule has 0 atom stereocenters. The van der Waals surface area contributed by atoms with Gasteiger partial charge in [0.15, 0.2) is 0 Å². The van der Waals surface area contributed by atoms with Crippen molar-refractivity contribution in [1.82, 2.24) is 5.43 Å². The molecule has 1 N–H and O–H groups in total. The van der Waals surface area contributed by atoms with Gasteiger partial charge in [0.1, 0.15) is 5.75 Å². The van der Waals surface area contributed by atoms with E-state index in [9.17, 15) is 4.79 Å². The minimum absolute atomic E-state index is 0.295. The first kappa shape index (κ1) is 16.5. The second-order valence-electron chi connectivity index (χ2n) is 4.49. The lowest BCUT2D eigenvalue weighted by Crippen LogP contribution is -2.19. The van der Waals surface area contributed by atoms with E-state index >= 15 is 0 Å². The second-order valence-corrected chi connectivity index (χ2v) is 5.79. The molecule has 2 rings (SSSR count). The molecule has 2 aromatic rings. The molecule has 6 heteroatoms. The van der Waals surface area contributed by atoms with Gasteiger partial charge in [-0.25, -0.2) is 5.43 Å². The number of ether oxygens (including phenoxy) is 1. The standard InChI is InChI=1S/C16H14BrClN2O2/c1-10(11-3-6-13(18)7-4-11)19-20-16(21)12-5-8-15(22-2)14(17)9-12/h3-9H,1-2H3,(H,20,21). The molecule has 22 heavy (non-hydrogen) atoms. The van der Waals surface area contributed by atoms with Crippen LogP contribution in [0.5, 0.6) is 5.75 Å². The molecule has 2 aromatic carbocycles. The van der Waals surface area contributed by atoms with Crippen LogP contribution in [0.4, 0.5) is 0 Å². The Balaban J connectivity index is 2.10. The number of nitrogens with zero attached hydrogens (tertiary/aromatic N) is 1. The van der Waals surface area contributed by atoms with Crippen molar-refractivity contribution in [3.8, 4) is 5.75 Å². The number of amides is 1. The van der Waals surface area contributed by atoms with Gasteiger partial charge in [0, 0.05) is 10.6 Å². The average molecular weight is 382 g/mol. The van der Waals surface area contributed by atoms with Crippen molar-refractivity contribution < 1.29 is 9.53 Å². The maximum Gasteiger partial charge on any atom is 0.271 e. The third-order valence-electron chi connectivity index (χ3n) is 3.00. The van der Waals surface area contributed by atoms with Gasteiger partial charge in [0.25, 0.3) is 5.91 Å². The number of hydrogen-bond acceptors (Lipinski definition) is 3. The number of halogens is 2. The van der Waals surface area contributed by atoms with Crippen LogP contribution in [0, 0.1) is 0 Å². The molecule has 0 bridgehead atoms. The Morgan fingerprint density at radius 2 is 1.82 bits per heavy atom. The van der Waals surface area contributed by atoms with Crippen LogP contribution in [0.25, 0.3) is 0 Å². The number of carbonyl (C=O) groups is 1. The number of hydrazone groups is 1. The van der Waals surface area contributed by atoms with E-state index in [1.807, 2.05) is 19.1 Å². The van der Waals surface area contributed by atoms with Gasteiger partial charge in [-0.1, -0.05) is 23.7 Å². The molecular weight excluding hydrogens is 368 g/mol. The number of carbonyl (C=O) groups excluding carboxylic acids is 1. The van der Waals surface area contributed by atoms with Gasteiger partial charge in [-0.2, -0.15) is 5.10 Å². The molecule has 0 aromatic heterocycles. The highest BCUT2D eigenvalue weighted by Gasteiger charge is 2.08. The van der Waals surface area contributed by atoms with Crippen molar-refractivity contribution >= 4 is 39.1 Å². The molecule has 0 saturated heterocycles. The van der Waals surface area contributed by atoms with Crippen molar-refractivity contribution in [2.45, 2.75) is 6.92 Å². The number of nitrogens with one attached hydrogen (secondary N) is 1. The van der Waals surface area contributed by atoms with Crippen molar-refractivity contribution in [2.75, 3.05) is 7.11 Å². The summed E-state index contributed by atoms with van der Waals surface area (Å²) in [7, 11) is 1.57. The first-order valence-corrected chi connectivity index (χ1v) is 7.62. The quantitative estimate of drug-likeness (QED) is 0.635. The third kappa shape index (κ3) is 4.08. The van der Waals surface area contributed by atoms with E-state index in [4.69, 9.17) is 16.3 Å². The first-order valence-electron chi connectivity index (χ1n) is 6.45. The minimum Gasteiger partial charge on any atom is -0.496 e. The Kier molecular flexibility index (Phi) is 5.57. The lowest BCUT2D eigenvalue weighted by atomic mass is 10.1. The molecule has 0 spiro atoms. The third-order valence-corrected chi connectivity index (χ3v) is 3.87. The lowest BCUT2D eigenvalue weighted by Gasteiger charge is -2.06. The summed E-state index contributed by atoms with van der Waals surface area (Å²) in [6, 6.07) is 12.3. The molecule has 0 unspecified atom stereocenters. The van der Waals surface area contributed by atoms with Crippen molar-refractivity contribution in [2.24, 2.45) is 5.10 Å². The van der Waals surface area contributed by atoms with Crippen molar-refractivity contribution in [1.29, 1.82) is 0 Å². The zero-order valence-electron chi connectivity index (χ0n) is 12.1. The molecule has 1 amide bonds. The zero-order chi connectivity index (χ0) is 16.1. The van der Waals surface area contributed by atoms with Crippen LogP contribution in [0.1, 0.15) is 22.8 Å². The van der Waals surface area contributed by atoms with Crippen LogP contribution in [0.2, 0.25) is 5.02 Å². The van der Waals surface area contributed by atoms with Crippen LogP contribution in [0.15, 0.2) is 52.0 Å². The zero-order valence-corrected chi connectivity index (χ0v) is 14.4. The Morgan fingerprint density at radius 3 is 2.41 bits per heavy atom. The van der Waals surface area contributed by atoms with Crippen molar-refractivity contribution in [3.63, 3.8) is 0 Å². The van der Waals surface area contributed by atoms with Crippen molar-refractivity contribution in [3.05, 3.63) is 63.1 Å². The SMILES string of the molecule is COc1ccc(C(=O)NN=C(C)c2ccc(Cl)cc2)cc1Br. The van der Waals surface area contributed by atoms with Gasteiger partial charge in [-0.3, -0.25) is 4.79 Å². The van der Waals surface area contributed by atoms with Crippen LogP contribution >= 0.6 is 27.5 Å². The van der Waals surface area contributed by atoms with Crippen LogP contribution in [0.3, 0.4) is 0 Å². The smallest absolute Gasteiger partial charge is 0.271 e. The monoisotopic (exact) mass is 380 g/mol. The average Bonchev–Trinajstić information content (AvgIpc) is 2.52. The summed E-state index contributed by atoms with van der Waals surface area (Å²) in [5.41, 5.74) is 4.60. The molecule has 4 nitrogen and oxygen atoms in total. The number of rotatable bonds is 4. The van der Waals surface area contributed by atoms with Crippen LogP contribution in [-0.2, 0) is 0 Å². The summed E-state index contributed by atoms with van der Waals surface area (Å²) < 4.78 is 5.84. The maximum absolute atomic E-state index is 12.1. The summed E-state index contributed by atoms with van der Waals surface area (Å²) in [4.78, 5) is 12.1. The van der Waals surface area contributed by atoms with Crippen LogP contribution in [-0.4, -0.2) is 18.7 Å². The summed E-state index contributed by atoms with van der Waals surface area (Å²) in [6.07, 6.45) is 0. The van der Waals surface area contributed by atoms with Gasteiger partial charge in [-0.05, 0) is 58.7 Å². The molecule has 0 aliphatic heterocycles. The molecular formula is C16H14BrClN2O2. The highest BCUT2D eigenvalue weighted by Crippen LogP contribution is 2.25. The molecule has 0 heterocycles. The highest BCUT2D eigenvalue weighted by atomic mass is 79.9. The fourth-order valence-electron chi connectivity index (χ4n) is 1.76. The van der Waals surface area contributed by atoms with E-state index in [0.29, 0.717) is 26.5 Å². The highest BCUT2D eigenvalue weighted by molar-refractivity contribution is 9.10. The molecule has 0 radical (unpaired) electrons. The molecule has 0 aliphatic rings. The van der Waals surface area contributed by atoms with Gasteiger partial charge < -0.3 is 4.74 Å². The second kappa shape index (κ2) is 7.42. The Morgan fingerprint density at radius 1 is 1.18 bits per heavy atom. The van der Waals surface area contributed by atoms with Gasteiger partial charge in [0.2, 0.25) is 0 Å². The lowest BCUT2D eigenvalue weighted by molar-refractivity contribution is 0.0954. The summed E-state index contributed by atoms with van der Waals surface area (Å²) >= 11 is 9.18. The molecule has 0 saturated carbocycles. The topological polar surface area (TPSA) is 50.7 Å². The first-order chi connectivity index (χ1) is 10.5. The van der Waals surface area contributed by atoms with E-state index in [0.717, 1.165) is 5.56 Å². The minimum atomic E-state index is -0.295. The van der Waals surface area contributed by atoms with Crippen LogP contribution < -0.4 is 10.2 Å². The molecule has 0 aliphatic carbocycles. The fourth-order valence-corrected chi connectivity index (χ4v) is 2.43. The van der Waals surface area contributed by atoms with E-state index in [-0.39, 0.29) is 5.91 Å². The Bertz CT molecular complexity index is 715. The number of benzene rings is 2. The summed E-state index contributed by atoms with van der Waals surface area (Å²) in [6.45, 7) is 1.81. The van der Waals surface area contributed by atoms with E-state index < -0.39 is 0 Å².